The molecule has 0 atom stereocenters. The number of amides is 1. The fraction of sp³-hybridized carbons (Fsp3) is 0.435. The number of hydrogen-bond donors (Lipinski definition) is 1. The molecule has 0 saturated heterocycles. The van der Waals surface area contributed by atoms with Crippen molar-refractivity contribution < 1.29 is 9.53 Å². The largest absolute Gasteiger partial charge is 0.494 e. The maximum Gasteiger partial charge on any atom is 0.224 e. The molecule has 4 heteroatoms. The van der Waals surface area contributed by atoms with E-state index in [1.165, 1.54) is 5.56 Å². The number of nitrogens with one attached hydrogen (secondary N) is 1. The lowest BCUT2D eigenvalue weighted by Crippen LogP contribution is -2.20. The first kappa shape index (κ1) is 19.8. The second kappa shape index (κ2) is 9.80. The molecule has 0 unspecified atom stereocenters. The average molecular weight is 386 g/mol. The van der Waals surface area contributed by atoms with Gasteiger partial charge in [-0.15, -0.1) is 0 Å². The van der Waals surface area contributed by atoms with Gasteiger partial charge in [-0.1, -0.05) is 30.7 Å². The van der Waals surface area contributed by atoms with E-state index in [0.29, 0.717) is 23.3 Å². The number of benzene rings is 2. The molecule has 144 valence electrons. The van der Waals surface area contributed by atoms with Crippen molar-refractivity contribution in [2.75, 3.05) is 11.9 Å². The molecular formula is C23H28ClNO2. The van der Waals surface area contributed by atoms with E-state index < -0.39 is 0 Å². The average Bonchev–Trinajstić information content (AvgIpc) is 2.69. The van der Waals surface area contributed by atoms with Gasteiger partial charge in [-0.25, -0.2) is 0 Å². The maximum absolute atomic E-state index is 12.3. The Hall–Kier alpha value is -2.00. The molecule has 0 spiro atoms. The van der Waals surface area contributed by atoms with Crippen molar-refractivity contribution in [2.24, 2.45) is 5.92 Å². The zero-order chi connectivity index (χ0) is 19.1. The molecule has 1 aliphatic carbocycles. The van der Waals surface area contributed by atoms with Crippen LogP contribution in [0.5, 0.6) is 5.75 Å². The highest BCUT2D eigenvalue weighted by Gasteiger charge is 2.24. The van der Waals surface area contributed by atoms with Crippen LogP contribution in [-0.4, -0.2) is 12.5 Å². The Morgan fingerprint density at radius 1 is 1.04 bits per heavy atom. The smallest absolute Gasteiger partial charge is 0.224 e. The van der Waals surface area contributed by atoms with E-state index in [0.717, 1.165) is 50.1 Å². The van der Waals surface area contributed by atoms with Gasteiger partial charge >= 0.3 is 0 Å². The molecule has 3 rings (SSSR count). The monoisotopic (exact) mass is 385 g/mol. The minimum Gasteiger partial charge on any atom is -0.494 e. The first-order valence-corrected chi connectivity index (χ1v) is 10.3. The van der Waals surface area contributed by atoms with E-state index in [9.17, 15) is 4.79 Å². The summed E-state index contributed by atoms with van der Waals surface area (Å²) >= 11 is 5.88. The molecule has 0 aromatic heterocycles. The molecule has 0 radical (unpaired) electrons. The van der Waals surface area contributed by atoms with Gasteiger partial charge in [-0.3, -0.25) is 4.79 Å². The van der Waals surface area contributed by atoms with E-state index in [-0.39, 0.29) is 5.91 Å². The summed E-state index contributed by atoms with van der Waals surface area (Å²) in [5, 5.41) is 3.65. The molecular weight excluding hydrogens is 358 g/mol. The Labute approximate surface area is 167 Å². The summed E-state index contributed by atoms with van der Waals surface area (Å²) in [5.74, 6) is 2.12. The zero-order valence-corrected chi connectivity index (χ0v) is 16.7. The van der Waals surface area contributed by atoms with Gasteiger partial charge in [0.1, 0.15) is 5.75 Å². The Kier molecular flexibility index (Phi) is 7.17. The molecule has 0 aliphatic heterocycles. The molecule has 1 N–H and O–H groups in total. The number of halogens is 1. The fourth-order valence-electron chi connectivity index (χ4n) is 3.76. The first-order chi connectivity index (χ1) is 13.1. The third kappa shape index (κ3) is 6.00. The van der Waals surface area contributed by atoms with Gasteiger partial charge < -0.3 is 10.1 Å². The van der Waals surface area contributed by atoms with Crippen LogP contribution in [0.3, 0.4) is 0 Å². The van der Waals surface area contributed by atoms with Gasteiger partial charge in [0.2, 0.25) is 5.91 Å². The van der Waals surface area contributed by atoms with Crippen LogP contribution in [0.4, 0.5) is 5.69 Å². The summed E-state index contributed by atoms with van der Waals surface area (Å²) in [6.45, 7) is 2.88. The summed E-state index contributed by atoms with van der Waals surface area (Å²) in [7, 11) is 0. The topological polar surface area (TPSA) is 38.3 Å². The lowest BCUT2D eigenvalue weighted by molar-refractivity contribution is -0.117. The number of carbonyl (C=O) groups excluding carboxylic acids is 1. The van der Waals surface area contributed by atoms with Crippen LogP contribution in [0.2, 0.25) is 5.02 Å². The quantitative estimate of drug-likeness (QED) is 0.596. The second-order valence-corrected chi connectivity index (χ2v) is 7.83. The fourth-order valence-corrected chi connectivity index (χ4v) is 3.89. The van der Waals surface area contributed by atoms with Crippen molar-refractivity contribution >= 4 is 23.2 Å². The molecule has 2 aromatic rings. The highest BCUT2D eigenvalue weighted by molar-refractivity contribution is 6.30. The van der Waals surface area contributed by atoms with Gasteiger partial charge in [0.25, 0.3) is 0 Å². The van der Waals surface area contributed by atoms with Crippen LogP contribution in [0.25, 0.3) is 0 Å². The molecule has 1 aliphatic rings. The standard InChI is InChI=1S/C23H28ClNO2/c1-2-15-27-22-13-7-19(8-14-22)18-5-3-17(4-6-18)16-23(26)25-21-11-9-20(24)10-12-21/h7-14,17-18H,2-6,15-16H2,1H3,(H,25,26)/t17-,18+. The van der Waals surface area contributed by atoms with Crippen LogP contribution in [-0.2, 0) is 4.79 Å². The van der Waals surface area contributed by atoms with Crippen LogP contribution in [0, 0.1) is 5.92 Å². The summed E-state index contributed by atoms with van der Waals surface area (Å²) in [4.78, 5) is 12.3. The molecule has 1 amide bonds. The molecule has 1 fully saturated rings. The Morgan fingerprint density at radius 2 is 1.70 bits per heavy atom. The summed E-state index contributed by atoms with van der Waals surface area (Å²) in [6, 6.07) is 15.8. The normalized spacial score (nSPS) is 19.5. The van der Waals surface area contributed by atoms with Crippen LogP contribution in [0.15, 0.2) is 48.5 Å². The van der Waals surface area contributed by atoms with Gasteiger partial charge in [0.05, 0.1) is 6.61 Å². The first-order valence-electron chi connectivity index (χ1n) is 9.92. The van der Waals surface area contributed by atoms with Crippen molar-refractivity contribution in [3.63, 3.8) is 0 Å². The molecule has 1 saturated carbocycles. The van der Waals surface area contributed by atoms with Gasteiger partial charge in [-0.05, 0) is 85.9 Å². The molecule has 0 bridgehead atoms. The molecule has 0 heterocycles. The van der Waals surface area contributed by atoms with E-state index >= 15 is 0 Å². The Bertz CT molecular complexity index is 719. The predicted molar refractivity (Wildman–Crippen MR) is 112 cm³/mol. The van der Waals surface area contributed by atoms with Crippen molar-refractivity contribution in [3.05, 3.63) is 59.1 Å². The molecule has 3 nitrogen and oxygen atoms in total. The molecule has 27 heavy (non-hydrogen) atoms. The van der Waals surface area contributed by atoms with E-state index in [1.807, 2.05) is 12.1 Å². The van der Waals surface area contributed by atoms with Crippen LogP contribution < -0.4 is 10.1 Å². The van der Waals surface area contributed by atoms with Crippen molar-refractivity contribution in [2.45, 2.75) is 51.4 Å². The third-order valence-electron chi connectivity index (χ3n) is 5.27. The van der Waals surface area contributed by atoms with Crippen LogP contribution >= 0.6 is 11.6 Å². The third-order valence-corrected chi connectivity index (χ3v) is 5.53. The minimum atomic E-state index is 0.0956. The highest BCUT2D eigenvalue weighted by Crippen LogP contribution is 2.37. The number of rotatable bonds is 7. The van der Waals surface area contributed by atoms with Crippen LogP contribution in [0.1, 0.15) is 56.9 Å². The second-order valence-electron chi connectivity index (χ2n) is 7.39. The maximum atomic E-state index is 12.3. The summed E-state index contributed by atoms with van der Waals surface area (Å²) in [5.41, 5.74) is 2.20. The highest BCUT2D eigenvalue weighted by atomic mass is 35.5. The van der Waals surface area contributed by atoms with Crippen molar-refractivity contribution in [3.8, 4) is 5.75 Å². The number of carbonyl (C=O) groups is 1. The van der Waals surface area contributed by atoms with Crippen molar-refractivity contribution in [1.82, 2.24) is 0 Å². The van der Waals surface area contributed by atoms with Crippen molar-refractivity contribution in [1.29, 1.82) is 0 Å². The molecule has 2 aromatic carbocycles. The number of ether oxygens (including phenoxy) is 1. The number of anilines is 1. The van der Waals surface area contributed by atoms with E-state index in [2.05, 4.69) is 36.5 Å². The summed E-state index contributed by atoms with van der Waals surface area (Å²) in [6.07, 6.45) is 6.12. The minimum absolute atomic E-state index is 0.0956. The lowest BCUT2D eigenvalue weighted by Gasteiger charge is -2.28. The SMILES string of the molecule is CCCOc1ccc([C@H]2CC[C@@H](CC(=O)Nc3ccc(Cl)cc3)CC2)cc1. The van der Waals surface area contributed by atoms with Gasteiger partial charge in [0, 0.05) is 17.1 Å². The predicted octanol–water partition coefficient (Wildman–Crippen LogP) is 6.43. The van der Waals surface area contributed by atoms with E-state index in [1.54, 1.807) is 12.1 Å². The zero-order valence-electron chi connectivity index (χ0n) is 15.9. The Balaban J connectivity index is 1.44. The summed E-state index contributed by atoms with van der Waals surface area (Å²) < 4.78 is 5.66. The lowest BCUT2D eigenvalue weighted by atomic mass is 9.77. The van der Waals surface area contributed by atoms with Gasteiger partial charge in [-0.2, -0.15) is 0 Å². The Morgan fingerprint density at radius 3 is 2.33 bits per heavy atom. The number of hydrogen-bond acceptors (Lipinski definition) is 2. The van der Waals surface area contributed by atoms with Gasteiger partial charge in [0.15, 0.2) is 0 Å². The van der Waals surface area contributed by atoms with E-state index in [4.69, 9.17) is 16.3 Å².